The van der Waals surface area contributed by atoms with Crippen molar-refractivity contribution in [3.05, 3.63) is 72.4 Å². The van der Waals surface area contributed by atoms with Crippen molar-refractivity contribution in [2.75, 3.05) is 5.32 Å². The van der Waals surface area contributed by atoms with E-state index in [1.165, 1.54) is 6.92 Å². The van der Waals surface area contributed by atoms with Crippen LogP contribution < -0.4 is 16.4 Å². The highest BCUT2D eigenvalue weighted by Crippen LogP contribution is 2.34. The quantitative estimate of drug-likeness (QED) is 0.365. The molecule has 6 nitrogen and oxygen atoms in total. The normalized spacial score (nSPS) is 18.3. The first kappa shape index (κ1) is 26.4. The van der Waals surface area contributed by atoms with Crippen LogP contribution in [0, 0.1) is 5.92 Å². The molecule has 0 saturated heterocycles. The lowest BCUT2D eigenvalue weighted by Crippen LogP contribution is -2.36. The third-order valence-corrected chi connectivity index (χ3v) is 6.82. The molecule has 1 saturated carbocycles. The van der Waals surface area contributed by atoms with Crippen LogP contribution in [0.2, 0.25) is 0 Å². The molecule has 1 aromatic heterocycles. The fraction of sp³-hybridized carbons (Fsp3) is 0.345. The number of nitrogens with one attached hydrogen (secondary N) is 2. The number of nitrogens with zero attached hydrogens (tertiary/aromatic N) is 1. The molecule has 4 rings (SSSR count). The van der Waals surface area contributed by atoms with Crippen molar-refractivity contribution in [1.29, 1.82) is 0 Å². The second kappa shape index (κ2) is 12.1. The molecule has 1 atom stereocenters. The Balaban J connectivity index is 1.50. The molecule has 0 spiro atoms. The summed E-state index contributed by atoms with van der Waals surface area (Å²) in [7, 11) is 0. The van der Waals surface area contributed by atoms with Crippen LogP contribution >= 0.6 is 0 Å². The van der Waals surface area contributed by atoms with Gasteiger partial charge in [-0.2, -0.15) is 0 Å². The molecular weight excluding hydrogens is 474 g/mol. The van der Waals surface area contributed by atoms with Crippen LogP contribution in [0.15, 0.2) is 66.9 Å². The number of hydrogen-bond acceptors (Lipinski definition) is 4. The highest BCUT2D eigenvalue weighted by Gasteiger charge is 2.24. The lowest BCUT2D eigenvalue weighted by Gasteiger charge is -2.28. The van der Waals surface area contributed by atoms with Crippen molar-refractivity contribution in [2.45, 2.75) is 57.5 Å². The third-order valence-electron chi connectivity index (χ3n) is 6.82. The molecule has 0 bridgehead atoms. The number of amides is 2. The topological polar surface area (TPSA) is 97.1 Å². The van der Waals surface area contributed by atoms with Gasteiger partial charge >= 0.3 is 0 Å². The second-order valence-corrected chi connectivity index (χ2v) is 9.64. The Morgan fingerprint density at radius 1 is 1.00 bits per heavy atom. The van der Waals surface area contributed by atoms with E-state index in [0.717, 1.165) is 42.4 Å². The molecule has 1 fully saturated rings. The first-order chi connectivity index (χ1) is 17.8. The number of hydrogen-bond donors (Lipinski definition) is 3. The Labute approximate surface area is 215 Å². The minimum atomic E-state index is -2.64. The van der Waals surface area contributed by atoms with E-state index in [0.29, 0.717) is 23.4 Å². The molecule has 4 N–H and O–H groups in total. The summed E-state index contributed by atoms with van der Waals surface area (Å²) < 4.78 is 26.0. The van der Waals surface area contributed by atoms with Crippen molar-refractivity contribution < 1.29 is 18.4 Å². The van der Waals surface area contributed by atoms with Crippen molar-refractivity contribution in [1.82, 2.24) is 10.3 Å². The van der Waals surface area contributed by atoms with E-state index < -0.39 is 12.5 Å². The Hall–Kier alpha value is -3.65. The molecule has 194 valence electrons. The maximum atomic E-state index is 13.0. The van der Waals surface area contributed by atoms with Gasteiger partial charge in [0.2, 0.25) is 11.8 Å². The van der Waals surface area contributed by atoms with Crippen LogP contribution in [0.1, 0.15) is 50.6 Å². The van der Waals surface area contributed by atoms with Gasteiger partial charge in [-0.1, -0.05) is 54.6 Å². The van der Waals surface area contributed by atoms with Crippen molar-refractivity contribution in [3.8, 4) is 22.4 Å². The largest absolute Gasteiger partial charge is 0.354 e. The zero-order valence-corrected chi connectivity index (χ0v) is 20.8. The summed E-state index contributed by atoms with van der Waals surface area (Å²) in [4.78, 5) is 28.7. The van der Waals surface area contributed by atoms with E-state index in [4.69, 9.17) is 5.73 Å². The average Bonchev–Trinajstić information content (AvgIpc) is 2.89. The third kappa shape index (κ3) is 6.98. The number of carbonyl (C=O) groups is 2. The van der Waals surface area contributed by atoms with Crippen LogP contribution in [-0.4, -0.2) is 29.3 Å². The Kier molecular flexibility index (Phi) is 8.61. The second-order valence-electron chi connectivity index (χ2n) is 9.64. The van der Waals surface area contributed by atoms with Gasteiger partial charge in [0.05, 0.1) is 23.6 Å². The number of rotatable bonds is 8. The molecule has 0 radical (unpaired) electrons. The zero-order chi connectivity index (χ0) is 26.4. The summed E-state index contributed by atoms with van der Waals surface area (Å²) in [6.45, 7) is 1.53. The van der Waals surface area contributed by atoms with E-state index in [-0.39, 0.29) is 23.8 Å². The highest BCUT2D eigenvalue weighted by atomic mass is 19.3. The van der Waals surface area contributed by atoms with Crippen molar-refractivity contribution in [2.24, 2.45) is 11.7 Å². The fourth-order valence-electron chi connectivity index (χ4n) is 4.88. The monoisotopic (exact) mass is 506 g/mol. The zero-order valence-electron chi connectivity index (χ0n) is 20.8. The number of alkyl halides is 2. The Morgan fingerprint density at radius 3 is 2.30 bits per heavy atom. The molecule has 3 aromatic rings. The lowest BCUT2D eigenvalue weighted by atomic mass is 9.84. The van der Waals surface area contributed by atoms with Gasteiger partial charge in [-0.05, 0) is 48.8 Å². The molecular formula is C29H32F2N4O2. The molecule has 8 heteroatoms. The first-order valence-electron chi connectivity index (χ1n) is 12.6. The van der Waals surface area contributed by atoms with Gasteiger partial charge in [0.1, 0.15) is 0 Å². The number of pyridine rings is 1. The van der Waals surface area contributed by atoms with E-state index in [1.54, 1.807) is 30.5 Å². The maximum absolute atomic E-state index is 13.0. The van der Waals surface area contributed by atoms with E-state index in [9.17, 15) is 18.4 Å². The highest BCUT2D eigenvalue weighted by molar-refractivity contribution is 5.93. The van der Waals surface area contributed by atoms with Gasteiger partial charge in [0, 0.05) is 30.5 Å². The fourth-order valence-corrected chi connectivity index (χ4v) is 4.88. The Morgan fingerprint density at radius 2 is 1.68 bits per heavy atom. The lowest BCUT2D eigenvalue weighted by molar-refractivity contribution is -0.120. The number of aromatic nitrogens is 1. The van der Waals surface area contributed by atoms with Crippen LogP contribution in [0.3, 0.4) is 0 Å². The number of halogens is 2. The molecule has 2 amide bonds. The molecule has 2 aromatic carbocycles. The van der Waals surface area contributed by atoms with Gasteiger partial charge in [0.15, 0.2) is 0 Å². The Bertz CT molecular complexity index is 1210. The molecule has 1 aliphatic rings. The molecule has 0 unspecified atom stereocenters. The van der Waals surface area contributed by atoms with Crippen LogP contribution in [-0.2, 0) is 9.59 Å². The van der Waals surface area contributed by atoms with Gasteiger partial charge in [-0.15, -0.1) is 0 Å². The van der Waals surface area contributed by atoms with E-state index >= 15 is 0 Å². The maximum Gasteiger partial charge on any atom is 0.257 e. The summed E-state index contributed by atoms with van der Waals surface area (Å²) in [6, 6.07) is 17.1. The average molecular weight is 507 g/mol. The first-order valence-corrected chi connectivity index (χ1v) is 12.6. The standard InChI is InChI=1S/C29H32F2N4O2/c1-18(36)34-23-13-7-19(8-14-23)15-26(37)35-24-16-25(20-5-3-2-4-6-20)28(33-17-24)22-11-9-21(10-12-22)27(32)29(30)31/h2-6,9-12,16-17,19,23,27,29H,7-8,13-15,32H2,1H3,(H,34,36)(H,35,37)/t19-,23-,27-/m0/s1. The number of anilines is 1. The predicted molar refractivity (Wildman–Crippen MR) is 141 cm³/mol. The SMILES string of the molecule is CC(=O)N[C@H]1CC[C@H](CC(=O)Nc2cnc(-c3ccc([C@H](N)C(F)F)cc3)c(-c3ccccc3)c2)CC1. The van der Waals surface area contributed by atoms with E-state index in [1.807, 2.05) is 36.4 Å². The minimum Gasteiger partial charge on any atom is -0.354 e. The summed E-state index contributed by atoms with van der Waals surface area (Å²) in [6.07, 6.45) is 2.96. The summed E-state index contributed by atoms with van der Waals surface area (Å²) in [5.74, 6) is 0.199. The van der Waals surface area contributed by atoms with Gasteiger partial charge in [0.25, 0.3) is 6.43 Å². The van der Waals surface area contributed by atoms with Gasteiger partial charge in [-0.3, -0.25) is 14.6 Å². The molecule has 1 heterocycles. The van der Waals surface area contributed by atoms with E-state index in [2.05, 4.69) is 15.6 Å². The van der Waals surface area contributed by atoms with Crippen LogP contribution in [0.4, 0.5) is 14.5 Å². The molecule has 0 aliphatic heterocycles. The van der Waals surface area contributed by atoms with Crippen molar-refractivity contribution >= 4 is 17.5 Å². The number of carbonyl (C=O) groups excluding carboxylic acids is 2. The number of nitrogens with two attached hydrogens (primary N) is 1. The van der Waals surface area contributed by atoms with Crippen molar-refractivity contribution in [3.63, 3.8) is 0 Å². The summed E-state index contributed by atoms with van der Waals surface area (Å²) in [5.41, 5.74) is 9.72. The minimum absolute atomic E-state index is 0.0148. The summed E-state index contributed by atoms with van der Waals surface area (Å²) in [5, 5.41) is 5.95. The smallest absolute Gasteiger partial charge is 0.257 e. The molecule has 37 heavy (non-hydrogen) atoms. The van der Waals surface area contributed by atoms with Gasteiger partial charge in [-0.25, -0.2) is 8.78 Å². The predicted octanol–water partition coefficient (Wildman–Crippen LogP) is 5.70. The summed E-state index contributed by atoms with van der Waals surface area (Å²) >= 11 is 0. The van der Waals surface area contributed by atoms with Gasteiger partial charge < -0.3 is 16.4 Å². The van der Waals surface area contributed by atoms with Crippen LogP contribution in [0.5, 0.6) is 0 Å². The van der Waals surface area contributed by atoms with Crippen LogP contribution in [0.25, 0.3) is 22.4 Å². The number of benzene rings is 2. The molecule has 1 aliphatic carbocycles.